The lowest BCUT2D eigenvalue weighted by Crippen LogP contribution is -2.22. The molecular formula is C14H19FN2O3. The standard InChI is InChI=1S/C14H19FN2O3/c1-9(4-3-7-16)13(18)17-12-8-10(15)5-6-11(12)14(19)20-2/h5-6,8-9H,3-4,7,16H2,1-2H3,(H,17,18). The molecule has 0 aliphatic rings. The Morgan fingerprint density at radius 3 is 2.75 bits per heavy atom. The van der Waals surface area contributed by atoms with Gasteiger partial charge in [0, 0.05) is 5.92 Å². The third-order valence-corrected chi connectivity index (χ3v) is 2.93. The van der Waals surface area contributed by atoms with E-state index in [2.05, 4.69) is 10.1 Å². The first-order valence-corrected chi connectivity index (χ1v) is 6.38. The summed E-state index contributed by atoms with van der Waals surface area (Å²) in [6.07, 6.45) is 1.35. The molecule has 110 valence electrons. The lowest BCUT2D eigenvalue weighted by Gasteiger charge is -2.14. The number of amides is 1. The molecule has 1 rings (SSSR count). The van der Waals surface area contributed by atoms with E-state index in [1.807, 2.05) is 0 Å². The van der Waals surface area contributed by atoms with Crippen LogP contribution < -0.4 is 11.1 Å². The van der Waals surface area contributed by atoms with Crippen molar-refractivity contribution in [1.29, 1.82) is 0 Å². The number of nitrogens with two attached hydrogens (primary N) is 1. The third-order valence-electron chi connectivity index (χ3n) is 2.93. The van der Waals surface area contributed by atoms with Crippen LogP contribution in [0.2, 0.25) is 0 Å². The van der Waals surface area contributed by atoms with Crippen LogP contribution in [0.15, 0.2) is 18.2 Å². The van der Waals surface area contributed by atoms with E-state index < -0.39 is 11.8 Å². The molecule has 20 heavy (non-hydrogen) atoms. The highest BCUT2D eigenvalue weighted by molar-refractivity contribution is 6.01. The fraction of sp³-hybridized carbons (Fsp3) is 0.429. The van der Waals surface area contributed by atoms with Crippen molar-refractivity contribution in [2.24, 2.45) is 11.7 Å². The molecule has 0 fully saturated rings. The van der Waals surface area contributed by atoms with E-state index in [0.717, 1.165) is 18.6 Å². The third kappa shape index (κ3) is 4.31. The number of anilines is 1. The van der Waals surface area contributed by atoms with Crippen molar-refractivity contribution in [2.75, 3.05) is 19.0 Å². The second-order valence-electron chi connectivity index (χ2n) is 4.50. The van der Waals surface area contributed by atoms with Crippen molar-refractivity contribution in [2.45, 2.75) is 19.8 Å². The van der Waals surface area contributed by atoms with Gasteiger partial charge < -0.3 is 15.8 Å². The second-order valence-corrected chi connectivity index (χ2v) is 4.50. The molecule has 0 saturated heterocycles. The van der Waals surface area contributed by atoms with Gasteiger partial charge in [0.2, 0.25) is 5.91 Å². The molecule has 0 aliphatic heterocycles. The SMILES string of the molecule is COC(=O)c1ccc(F)cc1NC(=O)C(C)CCCN. The van der Waals surface area contributed by atoms with Gasteiger partial charge in [-0.2, -0.15) is 0 Å². The molecule has 0 spiro atoms. The van der Waals surface area contributed by atoms with Gasteiger partial charge in [0.25, 0.3) is 0 Å². The quantitative estimate of drug-likeness (QED) is 0.781. The van der Waals surface area contributed by atoms with Crippen LogP contribution in [-0.2, 0) is 9.53 Å². The number of benzene rings is 1. The van der Waals surface area contributed by atoms with Crippen LogP contribution in [0.25, 0.3) is 0 Å². The zero-order chi connectivity index (χ0) is 15.1. The Morgan fingerprint density at radius 2 is 2.15 bits per heavy atom. The number of methoxy groups -OCH3 is 1. The predicted octanol–water partition coefficient (Wildman–Crippen LogP) is 1.93. The van der Waals surface area contributed by atoms with Crippen molar-refractivity contribution < 1.29 is 18.7 Å². The van der Waals surface area contributed by atoms with E-state index in [0.29, 0.717) is 13.0 Å². The Bertz CT molecular complexity index is 491. The van der Waals surface area contributed by atoms with Crippen molar-refractivity contribution in [3.8, 4) is 0 Å². The highest BCUT2D eigenvalue weighted by Gasteiger charge is 2.18. The average Bonchev–Trinajstić information content (AvgIpc) is 2.44. The van der Waals surface area contributed by atoms with Crippen molar-refractivity contribution in [1.82, 2.24) is 0 Å². The molecule has 1 unspecified atom stereocenters. The monoisotopic (exact) mass is 282 g/mol. The van der Waals surface area contributed by atoms with Gasteiger partial charge in [-0.3, -0.25) is 4.79 Å². The topological polar surface area (TPSA) is 81.4 Å². The smallest absolute Gasteiger partial charge is 0.339 e. The zero-order valence-electron chi connectivity index (χ0n) is 11.6. The maximum atomic E-state index is 13.2. The van der Waals surface area contributed by atoms with Crippen LogP contribution >= 0.6 is 0 Å². The second kappa shape index (κ2) is 7.59. The van der Waals surface area contributed by atoms with Crippen LogP contribution in [0.5, 0.6) is 0 Å². The molecule has 1 atom stereocenters. The fourth-order valence-corrected chi connectivity index (χ4v) is 1.72. The highest BCUT2D eigenvalue weighted by Crippen LogP contribution is 2.20. The zero-order valence-corrected chi connectivity index (χ0v) is 11.6. The van der Waals surface area contributed by atoms with E-state index in [1.54, 1.807) is 6.92 Å². The van der Waals surface area contributed by atoms with Crippen LogP contribution in [0.4, 0.5) is 10.1 Å². The van der Waals surface area contributed by atoms with Crippen LogP contribution in [-0.4, -0.2) is 25.5 Å². The lowest BCUT2D eigenvalue weighted by atomic mass is 10.0. The molecule has 0 aliphatic carbocycles. The van der Waals surface area contributed by atoms with Crippen LogP contribution in [0.3, 0.4) is 0 Å². The predicted molar refractivity (Wildman–Crippen MR) is 73.8 cm³/mol. The maximum Gasteiger partial charge on any atom is 0.339 e. The van der Waals surface area contributed by atoms with Crippen molar-refractivity contribution in [3.05, 3.63) is 29.6 Å². The maximum absolute atomic E-state index is 13.2. The van der Waals surface area contributed by atoms with Crippen LogP contribution in [0.1, 0.15) is 30.1 Å². The first-order valence-electron chi connectivity index (χ1n) is 6.38. The molecule has 0 heterocycles. The van der Waals surface area contributed by atoms with E-state index in [-0.39, 0.29) is 23.1 Å². The van der Waals surface area contributed by atoms with Gasteiger partial charge in [-0.25, -0.2) is 9.18 Å². The number of esters is 1. The number of hydrogen-bond acceptors (Lipinski definition) is 4. The molecule has 5 nitrogen and oxygen atoms in total. The average molecular weight is 282 g/mol. The number of rotatable bonds is 6. The van der Waals surface area contributed by atoms with E-state index >= 15 is 0 Å². The summed E-state index contributed by atoms with van der Waals surface area (Å²) in [6, 6.07) is 3.51. The Labute approximate surface area is 117 Å². The fourth-order valence-electron chi connectivity index (χ4n) is 1.72. The molecule has 0 radical (unpaired) electrons. The summed E-state index contributed by atoms with van der Waals surface area (Å²) in [5, 5.41) is 2.55. The van der Waals surface area contributed by atoms with Crippen LogP contribution in [0, 0.1) is 11.7 Å². The van der Waals surface area contributed by atoms with Gasteiger partial charge >= 0.3 is 5.97 Å². The molecular weight excluding hydrogens is 263 g/mol. The van der Waals surface area contributed by atoms with Crippen molar-refractivity contribution >= 4 is 17.6 Å². The number of hydrogen-bond donors (Lipinski definition) is 2. The molecule has 1 amide bonds. The van der Waals surface area contributed by atoms with Gasteiger partial charge in [-0.05, 0) is 37.6 Å². The molecule has 1 aromatic carbocycles. The minimum atomic E-state index is -0.630. The van der Waals surface area contributed by atoms with E-state index in [4.69, 9.17) is 5.73 Å². The molecule has 0 aromatic heterocycles. The number of ether oxygens (including phenoxy) is 1. The minimum Gasteiger partial charge on any atom is -0.465 e. The first kappa shape index (κ1) is 16.1. The van der Waals surface area contributed by atoms with Gasteiger partial charge in [0.1, 0.15) is 5.82 Å². The summed E-state index contributed by atoms with van der Waals surface area (Å²) in [5.41, 5.74) is 5.62. The highest BCUT2D eigenvalue weighted by atomic mass is 19.1. The molecule has 6 heteroatoms. The van der Waals surface area contributed by atoms with Gasteiger partial charge in [-0.1, -0.05) is 6.92 Å². The number of carbonyl (C=O) groups is 2. The number of halogens is 1. The summed E-state index contributed by atoms with van der Waals surface area (Å²) in [6.45, 7) is 2.26. The van der Waals surface area contributed by atoms with Crippen molar-refractivity contribution in [3.63, 3.8) is 0 Å². The summed E-state index contributed by atoms with van der Waals surface area (Å²) in [4.78, 5) is 23.5. The molecule has 1 aromatic rings. The van der Waals surface area contributed by atoms with Gasteiger partial charge in [0.05, 0.1) is 18.4 Å². The lowest BCUT2D eigenvalue weighted by molar-refractivity contribution is -0.119. The molecule has 0 saturated carbocycles. The largest absolute Gasteiger partial charge is 0.465 e. The van der Waals surface area contributed by atoms with Gasteiger partial charge in [0.15, 0.2) is 0 Å². The van der Waals surface area contributed by atoms with Gasteiger partial charge in [-0.15, -0.1) is 0 Å². The Balaban J connectivity index is 2.87. The Kier molecular flexibility index (Phi) is 6.11. The number of nitrogens with one attached hydrogen (secondary N) is 1. The Hall–Kier alpha value is -1.95. The number of carbonyl (C=O) groups excluding carboxylic acids is 2. The minimum absolute atomic E-state index is 0.112. The summed E-state index contributed by atoms with van der Waals surface area (Å²) < 4.78 is 17.8. The first-order chi connectivity index (χ1) is 9.49. The summed E-state index contributed by atoms with van der Waals surface area (Å²) in [7, 11) is 1.22. The van der Waals surface area contributed by atoms with E-state index in [1.165, 1.54) is 13.2 Å². The molecule has 0 bridgehead atoms. The molecule has 3 N–H and O–H groups in total. The van der Waals surface area contributed by atoms with E-state index in [9.17, 15) is 14.0 Å². The summed E-state index contributed by atoms with van der Waals surface area (Å²) in [5.74, 6) is -1.72. The normalized spacial score (nSPS) is 11.8. The Morgan fingerprint density at radius 1 is 1.45 bits per heavy atom. The summed E-state index contributed by atoms with van der Waals surface area (Å²) >= 11 is 0.